The lowest BCUT2D eigenvalue weighted by atomic mass is 9.99. The highest BCUT2D eigenvalue weighted by Crippen LogP contribution is 2.07. The molecule has 94 valence electrons. The molecule has 0 bridgehead atoms. The third-order valence-electron chi connectivity index (χ3n) is 2.77. The third-order valence-corrected chi connectivity index (χ3v) is 2.77. The van der Waals surface area contributed by atoms with Crippen molar-refractivity contribution in [1.82, 2.24) is 10.6 Å². The van der Waals surface area contributed by atoms with E-state index in [9.17, 15) is 4.79 Å². The van der Waals surface area contributed by atoms with Gasteiger partial charge in [0.2, 0.25) is 5.91 Å². The van der Waals surface area contributed by atoms with Gasteiger partial charge in [-0.3, -0.25) is 4.79 Å². The molecule has 1 saturated heterocycles. The van der Waals surface area contributed by atoms with E-state index in [1.54, 1.807) is 0 Å². The van der Waals surface area contributed by atoms with Crippen molar-refractivity contribution in [2.45, 2.75) is 32.6 Å². The Kier molecular flexibility index (Phi) is 7.17. The predicted octanol–water partition coefficient (Wildman–Crippen LogP) is 0.919. The standard InChI is InChI=1S/C12H24N2O2/c1-2-3-6-16-7-4-5-14-12(15)8-11-9-13-10-11/h11,13H,2-10H2,1H3,(H,14,15). The Hall–Kier alpha value is -0.610. The minimum atomic E-state index is 0.181. The summed E-state index contributed by atoms with van der Waals surface area (Å²) >= 11 is 0. The van der Waals surface area contributed by atoms with Crippen LogP contribution in [0.25, 0.3) is 0 Å². The van der Waals surface area contributed by atoms with Crippen molar-refractivity contribution < 1.29 is 9.53 Å². The van der Waals surface area contributed by atoms with Crippen molar-refractivity contribution in [3.05, 3.63) is 0 Å². The van der Waals surface area contributed by atoms with Gasteiger partial charge >= 0.3 is 0 Å². The Morgan fingerprint density at radius 2 is 2.12 bits per heavy atom. The highest BCUT2D eigenvalue weighted by atomic mass is 16.5. The molecular formula is C12H24N2O2. The highest BCUT2D eigenvalue weighted by Gasteiger charge is 2.19. The fourth-order valence-corrected chi connectivity index (χ4v) is 1.58. The zero-order chi connectivity index (χ0) is 11.6. The molecule has 1 fully saturated rings. The summed E-state index contributed by atoms with van der Waals surface area (Å²) in [6.45, 7) is 6.48. The Bertz CT molecular complexity index is 193. The number of hydrogen-bond acceptors (Lipinski definition) is 3. The van der Waals surface area contributed by atoms with Crippen LogP contribution in [0, 0.1) is 5.92 Å². The third kappa shape index (κ3) is 6.08. The van der Waals surface area contributed by atoms with Crippen molar-refractivity contribution in [2.75, 3.05) is 32.8 Å². The Morgan fingerprint density at radius 3 is 2.75 bits per heavy atom. The molecule has 1 aliphatic heterocycles. The van der Waals surface area contributed by atoms with Crippen LogP contribution in [-0.2, 0) is 9.53 Å². The predicted molar refractivity (Wildman–Crippen MR) is 64.3 cm³/mol. The fourth-order valence-electron chi connectivity index (χ4n) is 1.58. The maximum Gasteiger partial charge on any atom is 0.220 e. The molecule has 0 atom stereocenters. The molecule has 16 heavy (non-hydrogen) atoms. The molecule has 1 heterocycles. The number of unbranched alkanes of at least 4 members (excludes halogenated alkanes) is 1. The van der Waals surface area contributed by atoms with Crippen molar-refractivity contribution >= 4 is 5.91 Å². The minimum Gasteiger partial charge on any atom is -0.381 e. The fraction of sp³-hybridized carbons (Fsp3) is 0.917. The van der Waals surface area contributed by atoms with E-state index < -0.39 is 0 Å². The van der Waals surface area contributed by atoms with Crippen molar-refractivity contribution in [1.29, 1.82) is 0 Å². The molecule has 0 saturated carbocycles. The number of carbonyl (C=O) groups is 1. The van der Waals surface area contributed by atoms with Gasteiger partial charge in [0.15, 0.2) is 0 Å². The van der Waals surface area contributed by atoms with Gasteiger partial charge in [-0.2, -0.15) is 0 Å². The zero-order valence-corrected chi connectivity index (χ0v) is 10.3. The number of ether oxygens (including phenoxy) is 1. The topological polar surface area (TPSA) is 50.4 Å². The van der Waals surface area contributed by atoms with Gasteiger partial charge in [-0.15, -0.1) is 0 Å². The lowest BCUT2D eigenvalue weighted by Gasteiger charge is -2.26. The first kappa shape index (κ1) is 13.5. The van der Waals surface area contributed by atoms with E-state index in [2.05, 4.69) is 17.6 Å². The first-order chi connectivity index (χ1) is 7.83. The molecule has 1 aliphatic rings. The van der Waals surface area contributed by atoms with Crippen LogP contribution in [0.4, 0.5) is 0 Å². The van der Waals surface area contributed by atoms with Crippen molar-refractivity contribution in [3.63, 3.8) is 0 Å². The first-order valence-electron chi connectivity index (χ1n) is 6.38. The van der Waals surface area contributed by atoms with Crippen LogP contribution in [-0.4, -0.2) is 38.8 Å². The molecule has 1 rings (SSSR count). The number of amides is 1. The molecule has 4 nitrogen and oxygen atoms in total. The van der Waals surface area contributed by atoms with Gasteiger partial charge in [0, 0.05) is 26.2 Å². The normalized spacial score (nSPS) is 15.8. The maximum atomic E-state index is 11.4. The summed E-state index contributed by atoms with van der Waals surface area (Å²) in [6, 6.07) is 0. The van der Waals surface area contributed by atoms with Crippen molar-refractivity contribution in [3.8, 4) is 0 Å². The molecule has 0 aromatic carbocycles. The molecule has 2 N–H and O–H groups in total. The van der Waals surface area contributed by atoms with Crippen LogP contribution >= 0.6 is 0 Å². The lowest BCUT2D eigenvalue weighted by molar-refractivity contribution is -0.122. The van der Waals surface area contributed by atoms with Gasteiger partial charge in [0.25, 0.3) is 0 Å². The summed E-state index contributed by atoms with van der Waals surface area (Å²) in [4.78, 5) is 11.4. The van der Waals surface area contributed by atoms with Gasteiger partial charge < -0.3 is 15.4 Å². The molecule has 0 unspecified atom stereocenters. The summed E-state index contributed by atoms with van der Waals surface area (Å²) in [5, 5.41) is 6.09. The van der Waals surface area contributed by atoms with Crippen LogP contribution in [0.1, 0.15) is 32.6 Å². The van der Waals surface area contributed by atoms with Gasteiger partial charge in [-0.25, -0.2) is 0 Å². The summed E-state index contributed by atoms with van der Waals surface area (Å²) in [7, 11) is 0. The summed E-state index contributed by atoms with van der Waals surface area (Å²) in [5.41, 5.74) is 0. The lowest BCUT2D eigenvalue weighted by Crippen LogP contribution is -2.44. The van der Waals surface area contributed by atoms with Gasteiger partial charge in [-0.05, 0) is 31.8 Å². The number of hydrogen-bond donors (Lipinski definition) is 2. The smallest absolute Gasteiger partial charge is 0.220 e. The minimum absolute atomic E-state index is 0.181. The van der Waals surface area contributed by atoms with E-state index >= 15 is 0 Å². The number of nitrogens with one attached hydrogen (secondary N) is 2. The maximum absolute atomic E-state index is 11.4. The van der Waals surface area contributed by atoms with Gasteiger partial charge in [-0.1, -0.05) is 13.3 Å². The van der Waals surface area contributed by atoms with E-state index in [1.807, 2.05) is 0 Å². The monoisotopic (exact) mass is 228 g/mol. The Morgan fingerprint density at radius 1 is 1.38 bits per heavy atom. The Labute approximate surface area is 98.1 Å². The zero-order valence-electron chi connectivity index (χ0n) is 10.3. The second-order valence-corrected chi connectivity index (χ2v) is 4.40. The highest BCUT2D eigenvalue weighted by molar-refractivity contribution is 5.76. The second-order valence-electron chi connectivity index (χ2n) is 4.40. The number of rotatable bonds is 9. The SMILES string of the molecule is CCCCOCCCNC(=O)CC1CNC1. The van der Waals surface area contributed by atoms with E-state index in [0.717, 1.165) is 45.7 Å². The second kappa shape index (κ2) is 8.53. The average molecular weight is 228 g/mol. The van der Waals surface area contributed by atoms with Crippen molar-refractivity contribution in [2.24, 2.45) is 5.92 Å². The van der Waals surface area contributed by atoms with Crippen LogP contribution in [0.2, 0.25) is 0 Å². The van der Waals surface area contributed by atoms with E-state index in [0.29, 0.717) is 12.3 Å². The molecule has 0 aromatic heterocycles. The molecule has 0 aliphatic carbocycles. The summed E-state index contributed by atoms with van der Waals surface area (Å²) < 4.78 is 5.41. The van der Waals surface area contributed by atoms with Crippen LogP contribution in [0.3, 0.4) is 0 Å². The summed E-state index contributed by atoms with van der Waals surface area (Å²) in [5.74, 6) is 0.737. The van der Waals surface area contributed by atoms with E-state index in [1.165, 1.54) is 6.42 Å². The largest absolute Gasteiger partial charge is 0.381 e. The van der Waals surface area contributed by atoms with Crippen LogP contribution in [0.15, 0.2) is 0 Å². The molecule has 0 spiro atoms. The van der Waals surface area contributed by atoms with Crippen LogP contribution in [0.5, 0.6) is 0 Å². The molecule has 0 aromatic rings. The Balaban J connectivity index is 1.80. The molecule has 4 heteroatoms. The van der Waals surface area contributed by atoms with Gasteiger partial charge in [0.05, 0.1) is 0 Å². The average Bonchev–Trinajstić information content (AvgIpc) is 2.22. The van der Waals surface area contributed by atoms with E-state index in [-0.39, 0.29) is 5.91 Å². The quantitative estimate of drug-likeness (QED) is 0.577. The first-order valence-corrected chi connectivity index (χ1v) is 6.38. The molecule has 0 radical (unpaired) electrons. The van der Waals surface area contributed by atoms with Crippen LogP contribution < -0.4 is 10.6 Å². The summed E-state index contributed by atoms with van der Waals surface area (Å²) in [6.07, 6.45) is 3.88. The molecular weight excluding hydrogens is 204 g/mol. The van der Waals surface area contributed by atoms with E-state index in [4.69, 9.17) is 4.74 Å². The number of carbonyl (C=O) groups excluding carboxylic acids is 1. The molecule has 1 amide bonds. The van der Waals surface area contributed by atoms with Gasteiger partial charge in [0.1, 0.15) is 0 Å².